The summed E-state index contributed by atoms with van der Waals surface area (Å²) in [5.74, 6) is -1.85. The molecule has 6 heterocycles. The Morgan fingerprint density at radius 1 is 0.788 bits per heavy atom. The molecule has 2 fully saturated rings. The molecule has 2 aliphatic rings. The summed E-state index contributed by atoms with van der Waals surface area (Å²) in [7, 11) is -1.24. The maximum absolute atomic E-state index is 13.7. The second kappa shape index (κ2) is 19.8. The van der Waals surface area contributed by atoms with Crippen LogP contribution in [0.15, 0.2) is 61.2 Å². The summed E-state index contributed by atoms with van der Waals surface area (Å²) >= 11 is 0. The van der Waals surface area contributed by atoms with Gasteiger partial charge in [-0.05, 0) is 94.5 Å². The third-order valence-corrected chi connectivity index (χ3v) is 14.4. The number of piperidine rings is 2. The fraction of sp³-hybridized carbons (Fsp3) is 0.500. The monoisotopic (exact) mass is 919 g/mol. The maximum Gasteiger partial charge on any atom is 0.314 e. The van der Waals surface area contributed by atoms with Crippen LogP contribution in [0.4, 0.5) is 11.5 Å². The van der Waals surface area contributed by atoms with Gasteiger partial charge in [-0.2, -0.15) is 15.3 Å². The van der Waals surface area contributed by atoms with Crippen molar-refractivity contribution in [2.45, 2.75) is 124 Å². The van der Waals surface area contributed by atoms with Gasteiger partial charge in [-0.1, -0.05) is 57.8 Å². The molecule has 0 bridgehead atoms. The number of likely N-dealkylation sites (tertiary alicyclic amines) is 2. The van der Waals surface area contributed by atoms with Crippen LogP contribution in [-0.4, -0.2) is 95.5 Å². The molecule has 2 aromatic carbocycles. The van der Waals surface area contributed by atoms with Crippen LogP contribution >= 0.6 is 0 Å². The summed E-state index contributed by atoms with van der Waals surface area (Å²) in [6, 6.07) is 13.4. The number of hydrogen-bond donors (Lipinski definition) is 3. The summed E-state index contributed by atoms with van der Waals surface area (Å²) < 4.78 is 11.4. The van der Waals surface area contributed by atoms with E-state index in [1.165, 1.54) is 6.20 Å². The van der Waals surface area contributed by atoms with Crippen LogP contribution in [0.1, 0.15) is 103 Å². The summed E-state index contributed by atoms with van der Waals surface area (Å²) in [5.41, 5.74) is 16.1. The van der Waals surface area contributed by atoms with Crippen LogP contribution < -0.4 is 16.8 Å². The lowest BCUT2D eigenvalue weighted by Crippen LogP contribution is -2.46. The number of pyridine rings is 1. The van der Waals surface area contributed by atoms with Crippen LogP contribution in [0.2, 0.25) is 25.7 Å². The first-order valence-electron chi connectivity index (χ1n) is 23.2. The largest absolute Gasteiger partial charge is 0.383 e. The molecule has 0 spiro atoms. The number of primary amides is 1. The molecule has 2 saturated heterocycles. The standard InChI is InChI=1S/C30H42N8O3Si.C18H24N4O2/c1-19(2)37-17-22-9-8-21(13-24(22)35-37)26-10-7-20(3)16-36(26)30(40)29(39)34-25-15-32-28(31)23-14-33-38(27(23)25)18-41-11-12-42(4,5)6;1-11(2)22-10-14-6-5-13(8-15(14)20-22)16-7-4-12(3)9-21(16)18(24)17(19)23/h8-9,13-15,17,19-20,26H,7,10-12,16,18H2,1-6H3,(H2,31,32)(H,34,39);5-6,8,10-12,16H,4,7,9H2,1-3H3,(H2,19,23)/t20-,26+;12-,16+/m00/s1. The van der Waals surface area contributed by atoms with Crippen molar-refractivity contribution in [1.29, 1.82) is 0 Å². The smallest absolute Gasteiger partial charge is 0.314 e. The molecule has 4 atom stereocenters. The number of benzene rings is 2. The van der Waals surface area contributed by atoms with Crippen LogP contribution in [0, 0.1) is 11.8 Å². The van der Waals surface area contributed by atoms with Crippen molar-refractivity contribution in [3.05, 3.63) is 72.3 Å². The van der Waals surface area contributed by atoms with E-state index in [0.29, 0.717) is 54.1 Å². The highest BCUT2D eigenvalue weighted by molar-refractivity contribution is 6.76. The van der Waals surface area contributed by atoms with Crippen LogP contribution in [-0.2, 0) is 30.6 Å². The average molecular weight is 919 g/mol. The van der Waals surface area contributed by atoms with E-state index in [0.717, 1.165) is 64.7 Å². The number of nitrogens with two attached hydrogens (primary N) is 2. The van der Waals surface area contributed by atoms with Gasteiger partial charge < -0.3 is 31.3 Å². The van der Waals surface area contributed by atoms with Gasteiger partial charge in [0.2, 0.25) is 0 Å². The number of fused-ring (bicyclic) bond motifs is 3. The highest BCUT2D eigenvalue weighted by atomic mass is 28.3. The highest BCUT2D eigenvalue weighted by Gasteiger charge is 2.36. The van der Waals surface area contributed by atoms with Gasteiger partial charge in [-0.25, -0.2) is 9.67 Å². The summed E-state index contributed by atoms with van der Waals surface area (Å²) in [5, 5.41) is 19.3. The molecule has 66 heavy (non-hydrogen) atoms. The Labute approximate surface area is 387 Å². The molecule has 0 unspecified atom stereocenters. The molecular formula is C48H66N12O5Si. The fourth-order valence-corrected chi connectivity index (χ4v) is 9.54. The van der Waals surface area contributed by atoms with E-state index in [2.05, 4.69) is 81.7 Å². The average Bonchev–Trinajstić information content (AvgIpc) is 4.03. The number of rotatable bonds is 10. The molecule has 5 N–H and O–H groups in total. The van der Waals surface area contributed by atoms with Crippen LogP contribution in [0.3, 0.4) is 0 Å². The second-order valence-corrected chi connectivity index (χ2v) is 25.6. The minimum atomic E-state index is -1.24. The van der Waals surface area contributed by atoms with Crippen molar-refractivity contribution in [2.24, 2.45) is 17.6 Å². The second-order valence-electron chi connectivity index (χ2n) is 20.0. The molecule has 0 radical (unpaired) electrons. The molecule has 6 aromatic rings. The van der Waals surface area contributed by atoms with E-state index in [9.17, 15) is 19.2 Å². The first-order valence-corrected chi connectivity index (χ1v) is 26.9. The molecular weight excluding hydrogens is 853 g/mol. The Kier molecular flexibility index (Phi) is 14.3. The van der Waals surface area contributed by atoms with Crippen molar-refractivity contribution in [1.82, 2.24) is 44.1 Å². The lowest BCUT2D eigenvalue weighted by molar-refractivity contribution is -0.147. The number of ether oxygens (including phenoxy) is 1. The predicted molar refractivity (Wildman–Crippen MR) is 260 cm³/mol. The molecule has 17 nitrogen and oxygen atoms in total. The lowest BCUT2D eigenvalue weighted by Gasteiger charge is -2.38. The molecule has 0 saturated carbocycles. The molecule has 4 aromatic heterocycles. The summed E-state index contributed by atoms with van der Waals surface area (Å²) in [6.07, 6.45) is 10.7. The predicted octanol–water partition coefficient (Wildman–Crippen LogP) is 7.60. The van der Waals surface area contributed by atoms with Gasteiger partial charge in [0.15, 0.2) is 0 Å². The number of carbonyl (C=O) groups excluding carboxylic acids is 4. The first-order chi connectivity index (χ1) is 31.3. The zero-order chi connectivity index (χ0) is 47.6. The molecule has 2 aliphatic heterocycles. The third kappa shape index (κ3) is 10.8. The van der Waals surface area contributed by atoms with Crippen molar-refractivity contribution in [3.63, 3.8) is 0 Å². The Morgan fingerprint density at radius 2 is 1.32 bits per heavy atom. The van der Waals surface area contributed by atoms with E-state index < -0.39 is 31.7 Å². The first kappa shape index (κ1) is 47.8. The van der Waals surface area contributed by atoms with Gasteiger partial charge in [0.1, 0.15) is 12.5 Å². The van der Waals surface area contributed by atoms with Crippen molar-refractivity contribution in [3.8, 4) is 0 Å². The minimum absolute atomic E-state index is 0.116. The third-order valence-electron chi connectivity index (χ3n) is 12.6. The van der Waals surface area contributed by atoms with E-state index in [-0.39, 0.29) is 30.8 Å². The fourth-order valence-electron chi connectivity index (χ4n) is 8.78. The molecule has 8 rings (SSSR count). The zero-order valence-electron chi connectivity index (χ0n) is 39.8. The number of hydrogen-bond acceptors (Lipinski definition) is 10. The van der Waals surface area contributed by atoms with E-state index in [1.807, 2.05) is 58.2 Å². The number of aromatic nitrogens is 7. The van der Waals surface area contributed by atoms with Gasteiger partial charge in [0, 0.05) is 63.0 Å². The topological polar surface area (TPSA) is 214 Å². The molecule has 0 aliphatic carbocycles. The number of anilines is 2. The molecule has 352 valence electrons. The van der Waals surface area contributed by atoms with Gasteiger partial charge >= 0.3 is 23.6 Å². The van der Waals surface area contributed by atoms with Crippen LogP contribution in [0.5, 0.6) is 0 Å². The minimum Gasteiger partial charge on any atom is -0.383 e. The zero-order valence-corrected chi connectivity index (χ0v) is 40.8. The van der Waals surface area contributed by atoms with Crippen molar-refractivity contribution >= 4 is 75.9 Å². The van der Waals surface area contributed by atoms with E-state index in [1.54, 1.807) is 20.7 Å². The number of carbonyl (C=O) groups is 4. The van der Waals surface area contributed by atoms with Crippen LogP contribution in [0.25, 0.3) is 32.7 Å². The number of amides is 4. The Hall–Kier alpha value is -6.14. The molecule has 18 heteroatoms. The normalized spacial score (nSPS) is 19.1. The number of nitrogens with zero attached hydrogens (tertiary/aromatic N) is 9. The quantitative estimate of drug-likeness (QED) is 0.0695. The number of nitrogen functional groups attached to an aromatic ring is 1. The van der Waals surface area contributed by atoms with Gasteiger partial charge in [0.25, 0.3) is 0 Å². The van der Waals surface area contributed by atoms with Gasteiger partial charge in [-0.3, -0.25) is 28.5 Å². The Bertz CT molecular complexity index is 2730. The SMILES string of the molecule is CC(C)n1cc2ccc([C@H]3CC[C@H](C)CN3C(=O)C(=O)Nc3cnc(N)c4cnn(COCC[Si](C)(C)C)c34)cc2n1.CC(C)n1cc2ccc([C@H]3CC[C@H](C)CN3C(=O)C(N)=O)cc2n1. The summed E-state index contributed by atoms with van der Waals surface area (Å²) in [4.78, 5) is 58.4. The van der Waals surface area contributed by atoms with Crippen molar-refractivity contribution < 1.29 is 23.9 Å². The number of nitrogens with one attached hydrogen (secondary N) is 1. The summed E-state index contributed by atoms with van der Waals surface area (Å²) in [6.45, 7) is 21.3. The lowest BCUT2D eigenvalue weighted by atomic mass is 9.89. The highest BCUT2D eigenvalue weighted by Crippen LogP contribution is 2.37. The van der Waals surface area contributed by atoms with E-state index in [4.69, 9.17) is 21.3 Å². The Morgan fingerprint density at radius 3 is 1.82 bits per heavy atom. The van der Waals surface area contributed by atoms with Gasteiger partial charge in [0.05, 0.1) is 52.1 Å². The van der Waals surface area contributed by atoms with Crippen molar-refractivity contribution in [2.75, 3.05) is 30.7 Å². The maximum atomic E-state index is 13.7. The van der Waals surface area contributed by atoms with E-state index >= 15 is 0 Å². The Balaban J connectivity index is 0.000000228. The molecule has 4 amide bonds. The van der Waals surface area contributed by atoms with Gasteiger partial charge in [-0.15, -0.1) is 0 Å².